The first-order valence-corrected chi connectivity index (χ1v) is 11.8. The molecule has 1 aliphatic rings. The van der Waals surface area contributed by atoms with Crippen molar-refractivity contribution in [2.45, 2.75) is 27.7 Å². The van der Waals surface area contributed by atoms with Crippen molar-refractivity contribution >= 4 is 32.7 Å². The molecule has 0 saturated carbocycles. The number of anilines is 1. The van der Waals surface area contributed by atoms with E-state index in [0.717, 1.165) is 56.6 Å². The smallest absolute Gasteiger partial charge is 0.253 e. The Morgan fingerprint density at radius 1 is 0.906 bits per heavy atom. The van der Waals surface area contributed by atoms with Gasteiger partial charge in [0.05, 0.1) is 16.1 Å². The fourth-order valence-electron chi connectivity index (χ4n) is 4.38. The maximum atomic E-state index is 13.0. The Morgan fingerprint density at radius 3 is 2.31 bits per heavy atom. The highest BCUT2D eigenvalue weighted by Crippen LogP contribution is 2.33. The largest absolute Gasteiger partial charge is 0.344 e. The molecule has 32 heavy (non-hydrogen) atoms. The van der Waals surface area contributed by atoms with Crippen LogP contribution in [0.2, 0.25) is 0 Å². The fourth-order valence-corrected chi connectivity index (χ4v) is 5.42. The van der Waals surface area contributed by atoms with E-state index < -0.39 is 0 Å². The first-order chi connectivity index (χ1) is 15.4. The number of nitrogens with zero attached hydrogens (tertiary/aromatic N) is 5. The van der Waals surface area contributed by atoms with Crippen LogP contribution in [-0.2, 0) is 0 Å². The van der Waals surface area contributed by atoms with Crippen molar-refractivity contribution in [3.8, 4) is 5.69 Å². The number of thiazole rings is 1. The second-order valence-electron chi connectivity index (χ2n) is 8.64. The van der Waals surface area contributed by atoms with E-state index in [-0.39, 0.29) is 5.91 Å². The van der Waals surface area contributed by atoms with Crippen LogP contribution in [0, 0.1) is 27.7 Å². The summed E-state index contributed by atoms with van der Waals surface area (Å²) in [6, 6.07) is 14.4. The molecule has 4 aromatic rings. The summed E-state index contributed by atoms with van der Waals surface area (Å²) in [6.45, 7) is 11.2. The van der Waals surface area contributed by atoms with Crippen LogP contribution in [0.25, 0.3) is 16.0 Å². The van der Waals surface area contributed by atoms with Crippen molar-refractivity contribution in [3.05, 3.63) is 70.4 Å². The van der Waals surface area contributed by atoms with Crippen molar-refractivity contribution in [3.63, 3.8) is 0 Å². The molecular weight excluding hydrogens is 418 g/mol. The SMILES string of the molecule is Cc1cc(C)cc(C(=O)N2CCN(c3nc4c(s3)c(C)nn4-c3cccc(C)c3)CC2)c1. The van der Waals surface area contributed by atoms with Crippen LogP contribution in [0.1, 0.15) is 32.7 Å². The Labute approximate surface area is 192 Å². The number of hydrogen-bond donors (Lipinski definition) is 0. The standard InChI is InChI=1S/C25H27N5OS/c1-16-6-5-7-21(15-16)30-23-22(19(4)27-30)32-25(26-23)29-10-8-28(9-11-29)24(31)20-13-17(2)12-18(3)14-20/h5-7,12-15H,8-11H2,1-4H3. The van der Waals surface area contributed by atoms with Crippen LogP contribution in [0.4, 0.5) is 5.13 Å². The Morgan fingerprint density at radius 2 is 1.62 bits per heavy atom. The average molecular weight is 446 g/mol. The van der Waals surface area contributed by atoms with Crippen LogP contribution < -0.4 is 4.90 Å². The quantitative estimate of drug-likeness (QED) is 0.460. The highest BCUT2D eigenvalue weighted by Gasteiger charge is 2.25. The molecule has 0 bridgehead atoms. The lowest BCUT2D eigenvalue weighted by Crippen LogP contribution is -2.48. The van der Waals surface area contributed by atoms with Gasteiger partial charge in [-0.1, -0.05) is 40.7 Å². The molecule has 1 saturated heterocycles. The monoisotopic (exact) mass is 445 g/mol. The molecule has 0 radical (unpaired) electrons. The lowest BCUT2D eigenvalue weighted by Gasteiger charge is -2.34. The zero-order chi connectivity index (χ0) is 22.4. The predicted octanol–water partition coefficient (Wildman–Crippen LogP) is 4.68. The third kappa shape index (κ3) is 3.77. The number of carbonyl (C=O) groups excluding carboxylic acids is 1. The molecule has 0 atom stereocenters. The highest BCUT2D eigenvalue weighted by atomic mass is 32.1. The van der Waals surface area contributed by atoms with E-state index in [9.17, 15) is 4.79 Å². The van der Waals surface area contributed by atoms with Gasteiger partial charge in [0.15, 0.2) is 10.8 Å². The lowest BCUT2D eigenvalue weighted by atomic mass is 10.1. The fraction of sp³-hybridized carbons (Fsp3) is 0.320. The second kappa shape index (κ2) is 8.06. The lowest BCUT2D eigenvalue weighted by molar-refractivity contribution is 0.0746. The summed E-state index contributed by atoms with van der Waals surface area (Å²) in [4.78, 5) is 22.2. The van der Waals surface area contributed by atoms with E-state index in [4.69, 9.17) is 10.1 Å². The maximum absolute atomic E-state index is 13.0. The van der Waals surface area contributed by atoms with Gasteiger partial charge in [0.2, 0.25) is 0 Å². The molecule has 0 N–H and O–H groups in total. The average Bonchev–Trinajstić information content (AvgIpc) is 3.33. The van der Waals surface area contributed by atoms with Gasteiger partial charge < -0.3 is 9.80 Å². The molecule has 0 aliphatic carbocycles. The van der Waals surface area contributed by atoms with Gasteiger partial charge in [0.1, 0.15) is 0 Å². The molecule has 0 unspecified atom stereocenters. The summed E-state index contributed by atoms with van der Waals surface area (Å²) >= 11 is 1.69. The number of piperazine rings is 1. The molecule has 164 valence electrons. The molecule has 7 heteroatoms. The van der Waals surface area contributed by atoms with Gasteiger partial charge in [-0.25, -0.2) is 4.68 Å². The van der Waals surface area contributed by atoms with Crippen LogP contribution in [0.5, 0.6) is 0 Å². The summed E-state index contributed by atoms with van der Waals surface area (Å²) in [7, 11) is 0. The number of fused-ring (bicyclic) bond motifs is 1. The van der Waals surface area contributed by atoms with Gasteiger partial charge in [-0.15, -0.1) is 0 Å². The molecular formula is C25H27N5OS. The first kappa shape index (κ1) is 20.7. The normalized spacial score (nSPS) is 14.4. The molecule has 1 amide bonds. The van der Waals surface area contributed by atoms with Gasteiger partial charge in [-0.05, 0) is 57.5 Å². The van der Waals surface area contributed by atoms with Gasteiger partial charge in [0, 0.05) is 31.7 Å². The number of rotatable bonds is 3. The summed E-state index contributed by atoms with van der Waals surface area (Å²) < 4.78 is 3.06. The summed E-state index contributed by atoms with van der Waals surface area (Å²) in [6.07, 6.45) is 0. The van der Waals surface area contributed by atoms with Crippen LogP contribution >= 0.6 is 11.3 Å². The minimum absolute atomic E-state index is 0.117. The topological polar surface area (TPSA) is 54.3 Å². The number of aromatic nitrogens is 3. The Balaban J connectivity index is 1.35. The van der Waals surface area contributed by atoms with E-state index in [1.54, 1.807) is 11.3 Å². The molecule has 2 aromatic heterocycles. The first-order valence-electron chi connectivity index (χ1n) is 10.9. The molecule has 1 fully saturated rings. The van der Waals surface area contributed by atoms with E-state index in [1.807, 2.05) is 48.6 Å². The van der Waals surface area contributed by atoms with E-state index in [1.165, 1.54) is 5.56 Å². The number of hydrogen-bond acceptors (Lipinski definition) is 5. The highest BCUT2D eigenvalue weighted by molar-refractivity contribution is 7.22. The molecule has 5 rings (SSSR count). The number of aryl methyl sites for hydroxylation is 4. The van der Waals surface area contributed by atoms with Crippen LogP contribution in [0.15, 0.2) is 42.5 Å². The summed E-state index contributed by atoms with van der Waals surface area (Å²) in [5.41, 5.74) is 7.16. The predicted molar refractivity (Wildman–Crippen MR) is 130 cm³/mol. The number of carbonyl (C=O) groups is 1. The Hall–Kier alpha value is -3.19. The maximum Gasteiger partial charge on any atom is 0.253 e. The second-order valence-corrected chi connectivity index (χ2v) is 9.62. The van der Waals surface area contributed by atoms with Gasteiger partial charge >= 0.3 is 0 Å². The van der Waals surface area contributed by atoms with Gasteiger partial charge in [0.25, 0.3) is 5.91 Å². The van der Waals surface area contributed by atoms with E-state index in [2.05, 4.69) is 36.1 Å². The van der Waals surface area contributed by atoms with Crippen LogP contribution in [-0.4, -0.2) is 51.8 Å². The van der Waals surface area contributed by atoms with Crippen LogP contribution in [0.3, 0.4) is 0 Å². The molecule has 1 aliphatic heterocycles. The van der Waals surface area contributed by atoms with E-state index in [0.29, 0.717) is 13.1 Å². The van der Waals surface area contributed by atoms with E-state index >= 15 is 0 Å². The van der Waals surface area contributed by atoms with Crippen molar-refractivity contribution in [2.24, 2.45) is 0 Å². The Kier molecular flexibility index (Phi) is 5.21. The van der Waals surface area contributed by atoms with Crippen molar-refractivity contribution in [1.82, 2.24) is 19.7 Å². The van der Waals surface area contributed by atoms with Crippen molar-refractivity contribution in [2.75, 3.05) is 31.1 Å². The zero-order valence-electron chi connectivity index (χ0n) is 18.9. The van der Waals surface area contributed by atoms with Gasteiger partial charge in [-0.2, -0.15) is 10.1 Å². The number of benzene rings is 2. The minimum Gasteiger partial charge on any atom is -0.344 e. The summed E-state index contributed by atoms with van der Waals surface area (Å²) in [5, 5.41) is 5.72. The molecule has 0 spiro atoms. The number of amides is 1. The third-order valence-corrected chi connectivity index (χ3v) is 7.14. The molecule has 2 aromatic carbocycles. The molecule has 6 nitrogen and oxygen atoms in total. The van der Waals surface area contributed by atoms with Gasteiger partial charge in [-0.3, -0.25) is 4.79 Å². The molecule has 3 heterocycles. The zero-order valence-corrected chi connectivity index (χ0v) is 19.7. The van der Waals surface area contributed by atoms with Crippen molar-refractivity contribution < 1.29 is 4.79 Å². The van der Waals surface area contributed by atoms with Crippen molar-refractivity contribution in [1.29, 1.82) is 0 Å². The third-order valence-electron chi connectivity index (χ3n) is 5.93. The summed E-state index contributed by atoms with van der Waals surface area (Å²) in [5.74, 6) is 0.117. The minimum atomic E-state index is 0.117. The Bertz CT molecular complexity index is 1290.